The van der Waals surface area contributed by atoms with E-state index in [1.807, 2.05) is 36.4 Å². The average molecular weight is 967 g/mol. The van der Waals surface area contributed by atoms with Gasteiger partial charge in [-0.25, -0.2) is 29.1 Å². The summed E-state index contributed by atoms with van der Waals surface area (Å²) in [5, 5.41) is 10.1. The van der Waals surface area contributed by atoms with Gasteiger partial charge in [-0.1, -0.05) is 60.1 Å². The van der Waals surface area contributed by atoms with Crippen LogP contribution in [0.25, 0.3) is 11.1 Å². The van der Waals surface area contributed by atoms with Gasteiger partial charge in [-0.05, 0) is 135 Å². The Labute approximate surface area is 402 Å². The van der Waals surface area contributed by atoms with E-state index in [1.54, 1.807) is 41.5 Å². The number of nitrogens with two attached hydrogens (primary N) is 4. The summed E-state index contributed by atoms with van der Waals surface area (Å²) in [6, 6.07) is 13.7. The number of halogens is 1. The predicted molar refractivity (Wildman–Crippen MR) is 260 cm³/mol. The Morgan fingerprint density at radius 2 is 1.24 bits per heavy atom. The number of esters is 2. The monoisotopic (exact) mass is 965 g/mol. The third-order valence-electron chi connectivity index (χ3n) is 9.73. The van der Waals surface area contributed by atoms with Crippen molar-refractivity contribution in [2.75, 3.05) is 31.1 Å². The van der Waals surface area contributed by atoms with Gasteiger partial charge >= 0.3 is 24.1 Å². The number of nitrogens with one attached hydrogen (secondary N) is 4. The van der Waals surface area contributed by atoms with Crippen molar-refractivity contribution in [1.29, 1.82) is 0 Å². The number of hydrogen-bond donors (Lipinski definition) is 8. The van der Waals surface area contributed by atoms with E-state index in [0.717, 1.165) is 41.5 Å². The van der Waals surface area contributed by atoms with E-state index < -0.39 is 59.2 Å². The summed E-state index contributed by atoms with van der Waals surface area (Å²) in [5.74, 6) is -3.43. The zero-order chi connectivity index (χ0) is 50.4. The normalized spacial score (nSPS) is 12.6. The number of nitrogens with zero attached hydrogens (tertiary/aromatic N) is 3. The van der Waals surface area contributed by atoms with Gasteiger partial charge in [0.1, 0.15) is 23.3 Å². The molecule has 372 valence electrons. The van der Waals surface area contributed by atoms with Crippen LogP contribution in [-0.2, 0) is 41.4 Å². The van der Waals surface area contributed by atoms with Crippen LogP contribution in [0.4, 0.5) is 21.2 Å². The van der Waals surface area contributed by atoms with Crippen LogP contribution < -0.4 is 44.2 Å². The van der Waals surface area contributed by atoms with Crippen molar-refractivity contribution in [3.05, 3.63) is 70.5 Å². The molecule has 0 aliphatic heterocycles. The summed E-state index contributed by atoms with van der Waals surface area (Å²) in [5.41, 5.74) is 25.1. The molecule has 0 aliphatic carbocycles. The molecule has 4 amide bonds. The number of aryl methyl sites for hydroxylation is 2. The van der Waals surface area contributed by atoms with Crippen molar-refractivity contribution in [3.8, 4) is 11.1 Å². The molecule has 0 saturated heterocycles. The third-order valence-corrected chi connectivity index (χ3v) is 10.0. The maximum atomic E-state index is 13.4. The molecule has 2 atom stereocenters. The first-order valence-corrected chi connectivity index (χ1v) is 23.0. The third kappa shape index (κ3) is 21.4. The number of aliphatic imine (C=N–C) groups is 1. The smallest absolute Gasteiger partial charge is 0.408 e. The van der Waals surface area contributed by atoms with Gasteiger partial charge in [-0.2, -0.15) is 0 Å². The first-order chi connectivity index (χ1) is 32.0. The summed E-state index contributed by atoms with van der Waals surface area (Å²) in [7, 11) is 0. The van der Waals surface area contributed by atoms with Crippen LogP contribution in [0.3, 0.4) is 0 Å². The molecule has 0 bridgehead atoms. The number of guanidine groups is 1. The molecule has 0 spiro atoms. The van der Waals surface area contributed by atoms with Crippen LogP contribution in [0.2, 0.25) is 5.15 Å². The largest absolute Gasteiger partial charge is 0.444 e. The SMILES string of the molecule is CC(C)(C)OC(=O)NCCCC[C@H](NC(=O)OC(C)(C)C)C(=O)OC(=O)[C@H](CCCCN)NC(=O)CCc1ccc(-c2ccc(CCCCN=C(N)NC(=O)c3nc(Cl)c(N)nc3N)cc2)cc1. The van der Waals surface area contributed by atoms with Crippen molar-refractivity contribution in [2.24, 2.45) is 16.5 Å². The molecule has 0 fully saturated rings. The standard InChI is InChI=1S/C47H68ClN11O9/c1-46(2,3)67-44(64)54-28-12-9-15-34(56-45(65)68-47(4,5)6)42(63)66-41(62)33(14-7-10-26-49)55-35(60)25-20-30-18-23-32(24-19-30)31-21-16-29(17-22-31)13-8-11-27-53-43(52)59-40(61)36-38(50)58-39(51)37(48)57-36/h16-19,21-24,33-34H,7-15,20,25-28,49H2,1-6H3,(H,54,64)(H,55,60)(H,56,65)(H4,50,51,58)(H3,52,53,59,61)/t33-,34-/m0/s1. The van der Waals surface area contributed by atoms with Gasteiger partial charge in [0.05, 0.1) is 0 Å². The molecule has 21 heteroatoms. The zero-order valence-electron chi connectivity index (χ0n) is 39.9. The molecule has 2 aromatic carbocycles. The van der Waals surface area contributed by atoms with Crippen LogP contribution in [0.5, 0.6) is 0 Å². The Bertz CT molecular complexity index is 2190. The molecule has 1 aromatic heterocycles. The second-order valence-corrected chi connectivity index (χ2v) is 18.3. The molecule has 1 heterocycles. The Hall–Kier alpha value is -6.54. The Balaban J connectivity index is 1.50. The molecular formula is C47H68ClN11O9. The highest BCUT2D eigenvalue weighted by atomic mass is 35.5. The van der Waals surface area contributed by atoms with Crippen molar-refractivity contribution < 1.29 is 43.0 Å². The number of carbonyl (C=O) groups excluding carboxylic acids is 6. The number of rotatable bonds is 23. The van der Waals surface area contributed by atoms with E-state index in [4.69, 9.17) is 48.7 Å². The number of aromatic nitrogens is 2. The van der Waals surface area contributed by atoms with Crippen LogP contribution in [0.15, 0.2) is 53.5 Å². The molecule has 0 radical (unpaired) electrons. The molecular weight excluding hydrogens is 898 g/mol. The molecule has 0 unspecified atom stereocenters. The minimum atomic E-state index is -1.24. The lowest BCUT2D eigenvalue weighted by Gasteiger charge is -2.23. The Morgan fingerprint density at radius 3 is 1.81 bits per heavy atom. The average Bonchev–Trinajstić information content (AvgIpc) is 3.25. The summed E-state index contributed by atoms with van der Waals surface area (Å²) < 4.78 is 15.8. The molecule has 0 saturated carbocycles. The van der Waals surface area contributed by atoms with E-state index in [9.17, 15) is 28.8 Å². The number of unbranched alkanes of at least 4 members (excludes halogenated alkanes) is 3. The lowest BCUT2D eigenvalue weighted by molar-refractivity contribution is -0.163. The van der Waals surface area contributed by atoms with Gasteiger partial charge in [-0.15, -0.1) is 0 Å². The highest BCUT2D eigenvalue weighted by Crippen LogP contribution is 2.22. The van der Waals surface area contributed by atoms with Crippen molar-refractivity contribution in [2.45, 2.75) is 135 Å². The van der Waals surface area contributed by atoms with Gasteiger partial charge < -0.3 is 53.1 Å². The number of ether oxygens (including phenoxy) is 3. The second kappa shape index (κ2) is 27.3. The van der Waals surface area contributed by atoms with Gasteiger partial charge in [0.2, 0.25) is 5.91 Å². The first-order valence-electron chi connectivity index (χ1n) is 22.6. The van der Waals surface area contributed by atoms with Crippen molar-refractivity contribution >= 4 is 65.1 Å². The van der Waals surface area contributed by atoms with E-state index in [2.05, 4.69) is 48.4 Å². The number of nitrogen functional groups attached to an aromatic ring is 2. The maximum absolute atomic E-state index is 13.4. The second-order valence-electron chi connectivity index (χ2n) is 18.0. The number of hydrogen-bond acceptors (Lipinski definition) is 15. The molecule has 3 rings (SSSR count). The predicted octanol–water partition coefficient (Wildman–Crippen LogP) is 5.23. The Kier molecular flexibility index (Phi) is 22.4. The van der Waals surface area contributed by atoms with E-state index in [-0.39, 0.29) is 54.2 Å². The number of amides is 4. The fraction of sp³-hybridized carbons (Fsp3) is 0.511. The van der Waals surface area contributed by atoms with Gasteiger partial charge in [0, 0.05) is 19.5 Å². The van der Waals surface area contributed by atoms with E-state index in [1.165, 1.54) is 0 Å². The highest BCUT2D eigenvalue weighted by Gasteiger charge is 2.31. The fourth-order valence-corrected chi connectivity index (χ4v) is 6.50. The van der Waals surface area contributed by atoms with Gasteiger partial charge in [-0.3, -0.25) is 19.9 Å². The quantitative estimate of drug-likeness (QED) is 0.0151. The summed E-state index contributed by atoms with van der Waals surface area (Å²) >= 11 is 5.84. The minimum absolute atomic E-state index is 0.0681. The lowest BCUT2D eigenvalue weighted by atomic mass is 9.99. The number of carbonyl (C=O) groups is 6. The summed E-state index contributed by atoms with van der Waals surface area (Å²) in [6.45, 7) is 11.3. The topological polar surface area (TPSA) is 320 Å². The number of alkyl carbamates (subject to hydrolysis) is 2. The number of benzene rings is 2. The minimum Gasteiger partial charge on any atom is -0.444 e. The lowest BCUT2D eigenvalue weighted by Crippen LogP contribution is -2.48. The molecule has 0 aliphatic rings. The van der Waals surface area contributed by atoms with Crippen molar-refractivity contribution in [1.82, 2.24) is 31.2 Å². The van der Waals surface area contributed by atoms with Crippen LogP contribution in [0.1, 0.15) is 121 Å². The van der Waals surface area contributed by atoms with Crippen LogP contribution in [0, 0.1) is 0 Å². The molecule has 68 heavy (non-hydrogen) atoms. The van der Waals surface area contributed by atoms with Crippen LogP contribution >= 0.6 is 11.6 Å². The zero-order valence-corrected chi connectivity index (χ0v) is 40.6. The molecule has 3 aromatic rings. The molecule has 12 N–H and O–H groups in total. The van der Waals surface area contributed by atoms with E-state index >= 15 is 0 Å². The van der Waals surface area contributed by atoms with Crippen molar-refractivity contribution in [3.63, 3.8) is 0 Å². The first kappa shape index (κ1) is 55.8. The van der Waals surface area contributed by atoms with Gasteiger partial charge in [0.25, 0.3) is 5.91 Å². The van der Waals surface area contributed by atoms with E-state index in [0.29, 0.717) is 45.2 Å². The highest BCUT2D eigenvalue weighted by molar-refractivity contribution is 6.31. The summed E-state index contributed by atoms with van der Waals surface area (Å²) in [4.78, 5) is 88.8. The Morgan fingerprint density at radius 1 is 0.691 bits per heavy atom. The number of anilines is 2. The van der Waals surface area contributed by atoms with Crippen LogP contribution in [-0.4, -0.2) is 94.8 Å². The molecule has 20 nitrogen and oxygen atoms in total. The summed E-state index contributed by atoms with van der Waals surface area (Å²) in [6.07, 6.45) is 3.50. The fourth-order valence-electron chi connectivity index (χ4n) is 6.38. The van der Waals surface area contributed by atoms with Gasteiger partial charge in [0.15, 0.2) is 28.4 Å². The maximum Gasteiger partial charge on any atom is 0.408 e.